The maximum absolute atomic E-state index is 11.8. The van der Waals surface area contributed by atoms with Gasteiger partial charge >= 0.3 is 5.97 Å². The van der Waals surface area contributed by atoms with Crippen LogP contribution in [0.25, 0.3) is 0 Å². The van der Waals surface area contributed by atoms with Gasteiger partial charge in [0.15, 0.2) is 0 Å². The molecule has 0 aliphatic carbocycles. The van der Waals surface area contributed by atoms with E-state index in [-0.39, 0.29) is 29.3 Å². The van der Waals surface area contributed by atoms with E-state index >= 15 is 0 Å². The Morgan fingerprint density at radius 3 is 2.48 bits per heavy atom. The molecule has 0 bridgehead atoms. The van der Waals surface area contributed by atoms with Crippen molar-refractivity contribution >= 4 is 41.6 Å². The van der Waals surface area contributed by atoms with Crippen molar-refractivity contribution in [2.24, 2.45) is 5.73 Å². The highest BCUT2D eigenvalue weighted by Crippen LogP contribution is 2.15. The first-order valence-corrected chi connectivity index (χ1v) is 7.05. The van der Waals surface area contributed by atoms with Crippen LogP contribution in [0.2, 0.25) is 10.3 Å². The highest BCUT2D eigenvalue weighted by Gasteiger charge is 2.22. The second-order valence-corrected chi connectivity index (χ2v) is 5.10. The average molecular weight is 358 g/mol. The quantitative estimate of drug-likeness (QED) is 0.600. The zero-order valence-electron chi connectivity index (χ0n) is 11.8. The molecule has 0 unspecified atom stereocenters. The molecule has 0 aromatic carbocycles. The summed E-state index contributed by atoms with van der Waals surface area (Å²) < 4.78 is 10.5. The molecule has 21 heavy (non-hydrogen) atoms. The molecule has 120 valence electrons. The topological polar surface area (TPSA) is 74.4 Å². The number of carbonyl (C=O) groups excluding carboxylic acids is 1. The number of nitrogens with two attached hydrogens (primary N) is 1. The Morgan fingerprint density at radius 2 is 1.95 bits per heavy atom. The lowest BCUT2D eigenvalue weighted by Gasteiger charge is -2.19. The number of ether oxygens (including phenoxy) is 2. The molecule has 2 atom stereocenters. The zero-order valence-corrected chi connectivity index (χ0v) is 14.2. The van der Waals surface area contributed by atoms with Crippen molar-refractivity contribution in [3.63, 3.8) is 0 Å². The highest BCUT2D eigenvalue weighted by atomic mass is 35.5. The smallest absolute Gasteiger partial charge is 0.325 e. The van der Waals surface area contributed by atoms with Crippen molar-refractivity contribution < 1.29 is 14.3 Å². The van der Waals surface area contributed by atoms with Crippen LogP contribution in [0.5, 0.6) is 0 Å². The minimum Gasteiger partial charge on any atom is -0.460 e. The average Bonchev–Trinajstić information content (AvgIpc) is 2.40. The SMILES string of the molecule is CCCO[C@H](C)[C@H](N)C(=O)OCc1cc(Cl)nc(Cl)c1.Cl. The summed E-state index contributed by atoms with van der Waals surface area (Å²) in [6.45, 7) is 4.31. The summed E-state index contributed by atoms with van der Waals surface area (Å²) >= 11 is 11.5. The number of rotatable bonds is 7. The summed E-state index contributed by atoms with van der Waals surface area (Å²) in [7, 11) is 0. The second kappa shape index (κ2) is 10.2. The fourth-order valence-electron chi connectivity index (χ4n) is 1.45. The van der Waals surface area contributed by atoms with Gasteiger partial charge in [-0.3, -0.25) is 4.79 Å². The first-order valence-electron chi connectivity index (χ1n) is 6.29. The normalized spacial score (nSPS) is 13.2. The van der Waals surface area contributed by atoms with E-state index < -0.39 is 18.1 Å². The Labute approximate surface area is 140 Å². The van der Waals surface area contributed by atoms with E-state index in [4.69, 9.17) is 38.4 Å². The van der Waals surface area contributed by atoms with Crippen LogP contribution in [0.15, 0.2) is 12.1 Å². The predicted octanol–water partition coefficient (Wildman–Crippen LogP) is 3.00. The molecule has 1 heterocycles. The van der Waals surface area contributed by atoms with Gasteiger partial charge in [0.05, 0.1) is 6.10 Å². The number of aromatic nitrogens is 1. The number of pyridine rings is 1. The minimum absolute atomic E-state index is 0. The lowest BCUT2D eigenvalue weighted by atomic mass is 10.2. The number of hydrogen-bond acceptors (Lipinski definition) is 5. The van der Waals surface area contributed by atoms with Crippen molar-refractivity contribution in [3.05, 3.63) is 28.0 Å². The molecule has 0 aliphatic rings. The second-order valence-electron chi connectivity index (χ2n) is 4.33. The van der Waals surface area contributed by atoms with Gasteiger partial charge in [0.25, 0.3) is 0 Å². The van der Waals surface area contributed by atoms with Crippen LogP contribution in [0, 0.1) is 0 Å². The number of halogens is 3. The molecule has 0 saturated carbocycles. The third kappa shape index (κ3) is 7.29. The highest BCUT2D eigenvalue weighted by molar-refractivity contribution is 6.32. The first-order chi connectivity index (χ1) is 9.43. The Hall–Kier alpha value is -0.590. The van der Waals surface area contributed by atoms with Crippen LogP contribution in [-0.2, 0) is 20.9 Å². The molecule has 1 aromatic heterocycles. The summed E-state index contributed by atoms with van der Waals surface area (Å²) in [5.74, 6) is -0.530. The van der Waals surface area contributed by atoms with Gasteiger partial charge in [-0.15, -0.1) is 12.4 Å². The molecule has 8 heteroatoms. The number of nitrogens with zero attached hydrogens (tertiary/aromatic N) is 1. The summed E-state index contributed by atoms with van der Waals surface area (Å²) in [5, 5.41) is 0.486. The summed E-state index contributed by atoms with van der Waals surface area (Å²) in [6.07, 6.45) is 0.465. The lowest BCUT2D eigenvalue weighted by Crippen LogP contribution is -2.43. The largest absolute Gasteiger partial charge is 0.460 e. The molecule has 0 fully saturated rings. The van der Waals surface area contributed by atoms with Gasteiger partial charge in [-0.2, -0.15) is 0 Å². The van der Waals surface area contributed by atoms with Crippen LogP contribution in [0.4, 0.5) is 0 Å². The fraction of sp³-hybridized carbons (Fsp3) is 0.538. The molecule has 1 rings (SSSR count). The van der Waals surface area contributed by atoms with Gasteiger partial charge in [-0.05, 0) is 31.0 Å². The van der Waals surface area contributed by atoms with E-state index in [1.807, 2.05) is 6.92 Å². The Morgan fingerprint density at radius 1 is 1.38 bits per heavy atom. The maximum atomic E-state index is 11.8. The van der Waals surface area contributed by atoms with E-state index in [2.05, 4.69) is 4.98 Å². The van der Waals surface area contributed by atoms with E-state index in [1.54, 1.807) is 19.1 Å². The van der Waals surface area contributed by atoms with E-state index in [9.17, 15) is 4.79 Å². The van der Waals surface area contributed by atoms with Crippen molar-refractivity contribution in [2.75, 3.05) is 6.61 Å². The summed E-state index contributed by atoms with van der Waals surface area (Å²) in [4.78, 5) is 15.6. The van der Waals surface area contributed by atoms with Crippen LogP contribution in [-0.4, -0.2) is 29.7 Å². The molecular weight excluding hydrogens is 339 g/mol. The molecule has 2 N–H and O–H groups in total. The Bertz CT molecular complexity index is 440. The molecular formula is C13H19Cl3N2O3. The monoisotopic (exact) mass is 356 g/mol. The zero-order chi connectivity index (χ0) is 15.1. The van der Waals surface area contributed by atoms with Crippen molar-refractivity contribution in [3.8, 4) is 0 Å². The molecule has 0 spiro atoms. The van der Waals surface area contributed by atoms with Gasteiger partial charge < -0.3 is 15.2 Å². The van der Waals surface area contributed by atoms with Gasteiger partial charge in [0.1, 0.15) is 23.0 Å². The van der Waals surface area contributed by atoms with Gasteiger partial charge in [0, 0.05) is 6.61 Å². The third-order valence-electron chi connectivity index (χ3n) is 2.57. The van der Waals surface area contributed by atoms with Crippen LogP contribution < -0.4 is 5.73 Å². The van der Waals surface area contributed by atoms with E-state index in [1.165, 1.54) is 0 Å². The molecule has 0 radical (unpaired) electrons. The fourth-order valence-corrected chi connectivity index (χ4v) is 1.95. The maximum Gasteiger partial charge on any atom is 0.325 e. The van der Waals surface area contributed by atoms with Crippen molar-refractivity contribution in [1.82, 2.24) is 4.98 Å². The van der Waals surface area contributed by atoms with Gasteiger partial charge in [-0.25, -0.2) is 4.98 Å². The molecule has 1 aromatic rings. The van der Waals surface area contributed by atoms with Crippen LogP contribution in [0.3, 0.4) is 0 Å². The van der Waals surface area contributed by atoms with E-state index in [0.29, 0.717) is 12.2 Å². The summed E-state index contributed by atoms with van der Waals surface area (Å²) in [5.41, 5.74) is 6.41. The summed E-state index contributed by atoms with van der Waals surface area (Å²) in [6, 6.07) is 2.32. The lowest BCUT2D eigenvalue weighted by molar-refractivity contribution is -0.150. The van der Waals surface area contributed by atoms with Crippen LogP contribution in [0.1, 0.15) is 25.8 Å². The molecule has 0 amide bonds. The number of carbonyl (C=O) groups is 1. The standard InChI is InChI=1S/C13H18Cl2N2O3.ClH/c1-3-4-19-8(2)12(16)13(18)20-7-9-5-10(14)17-11(15)6-9;/h5-6,8,12H,3-4,7,16H2,1-2H3;1H/t8-,12+;/m1./s1. The Balaban J connectivity index is 0.00000400. The first kappa shape index (κ1) is 20.4. The van der Waals surface area contributed by atoms with E-state index in [0.717, 1.165) is 6.42 Å². The number of hydrogen-bond donors (Lipinski definition) is 1. The third-order valence-corrected chi connectivity index (χ3v) is 2.95. The predicted molar refractivity (Wildman–Crippen MR) is 85.0 cm³/mol. The van der Waals surface area contributed by atoms with Crippen LogP contribution >= 0.6 is 35.6 Å². The number of esters is 1. The Kier molecular flexibility index (Phi) is 9.90. The van der Waals surface area contributed by atoms with Gasteiger partial charge in [-0.1, -0.05) is 30.1 Å². The minimum atomic E-state index is -0.825. The van der Waals surface area contributed by atoms with Gasteiger partial charge in [0.2, 0.25) is 0 Å². The van der Waals surface area contributed by atoms with Crippen molar-refractivity contribution in [1.29, 1.82) is 0 Å². The molecule has 0 aliphatic heterocycles. The molecule has 0 saturated heterocycles. The van der Waals surface area contributed by atoms with Crippen molar-refractivity contribution in [2.45, 2.75) is 39.0 Å². The molecule has 5 nitrogen and oxygen atoms in total.